The summed E-state index contributed by atoms with van der Waals surface area (Å²) >= 11 is 5.40. The van der Waals surface area contributed by atoms with E-state index in [0.717, 1.165) is 22.2 Å². The summed E-state index contributed by atoms with van der Waals surface area (Å²) < 4.78 is 1.05. The molecule has 0 aliphatic carbocycles. The lowest BCUT2D eigenvalue weighted by Crippen LogP contribution is -2.28. The van der Waals surface area contributed by atoms with E-state index in [4.69, 9.17) is 0 Å². The highest BCUT2D eigenvalue weighted by Crippen LogP contribution is 2.31. The molecule has 0 amide bonds. The zero-order valence-corrected chi connectivity index (χ0v) is 14.0. The number of hydrogen-bond donors (Lipinski definition) is 2. The van der Waals surface area contributed by atoms with Gasteiger partial charge in [0, 0.05) is 40.3 Å². The minimum absolute atomic E-state index is 0.467. The van der Waals surface area contributed by atoms with Crippen LogP contribution in [0.2, 0.25) is 0 Å². The molecule has 112 valence electrons. The minimum Gasteiger partial charge on any atom is -0.477 e. The van der Waals surface area contributed by atoms with E-state index in [-0.39, 0.29) is 0 Å². The van der Waals surface area contributed by atoms with Gasteiger partial charge in [0.15, 0.2) is 0 Å². The number of carboxylic acid groups (broad SMARTS) is 1. The van der Waals surface area contributed by atoms with Crippen LogP contribution in [0.4, 0.5) is 0 Å². The van der Waals surface area contributed by atoms with E-state index in [0.29, 0.717) is 16.7 Å². The molecule has 1 aromatic heterocycles. The van der Waals surface area contributed by atoms with Gasteiger partial charge in [0.25, 0.3) is 0 Å². The van der Waals surface area contributed by atoms with Crippen LogP contribution in [0.15, 0.2) is 24.3 Å². The van der Waals surface area contributed by atoms with E-state index in [1.807, 2.05) is 47.8 Å². The molecule has 6 heteroatoms. The van der Waals surface area contributed by atoms with Crippen LogP contribution < -0.4 is 5.32 Å². The molecule has 1 unspecified atom stereocenters. The molecule has 1 fully saturated rings. The molecule has 2 heterocycles. The summed E-state index contributed by atoms with van der Waals surface area (Å²) in [4.78, 5) is 11.9. The van der Waals surface area contributed by atoms with Gasteiger partial charge in [0.1, 0.15) is 4.88 Å². The average molecular weight is 340 g/mol. The molecule has 0 spiro atoms. The number of thiophene rings is 1. The van der Waals surface area contributed by atoms with Crippen molar-refractivity contribution in [1.82, 2.24) is 5.32 Å². The molecule has 1 aromatic carbocycles. The second-order valence-corrected chi connectivity index (χ2v) is 8.52. The van der Waals surface area contributed by atoms with Crippen LogP contribution >= 0.6 is 34.9 Å². The monoisotopic (exact) mass is 339 g/mol. The van der Waals surface area contributed by atoms with Gasteiger partial charge < -0.3 is 10.4 Å². The van der Waals surface area contributed by atoms with Crippen LogP contribution in [0.3, 0.4) is 0 Å². The first kappa shape index (κ1) is 15.2. The van der Waals surface area contributed by atoms with Crippen molar-refractivity contribution in [2.45, 2.75) is 11.8 Å². The van der Waals surface area contributed by atoms with Gasteiger partial charge in [-0.1, -0.05) is 18.2 Å². The Labute approximate surface area is 136 Å². The normalized spacial score (nSPS) is 19.0. The predicted octanol–water partition coefficient (Wildman–Crippen LogP) is 3.54. The number of nitrogens with one attached hydrogen (secondary N) is 1. The van der Waals surface area contributed by atoms with Gasteiger partial charge in [-0.05, 0) is 17.0 Å². The molecule has 1 saturated heterocycles. The number of carbonyl (C=O) groups is 1. The van der Waals surface area contributed by atoms with Gasteiger partial charge in [-0.25, -0.2) is 4.79 Å². The standard InChI is InChI=1S/C15H17NO2S3/c17-15(18)14-12(11-3-1-2-4-13(11)21-14)8-16-7-10-9-19-5-6-20-10/h1-4,10,16H,5-9H2,(H,17,18). The third-order valence-electron chi connectivity index (χ3n) is 3.45. The molecule has 2 N–H and O–H groups in total. The van der Waals surface area contributed by atoms with Gasteiger partial charge in [0.2, 0.25) is 0 Å². The van der Waals surface area contributed by atoms with Gasteiger partial charge in [-0.2, -0.15) is 23.5 Å². The zero-order chi connectivity index (χ0) is 14.7. The van der Waals surface area contributed by atoms with Crippen molar-refractivity contribution in [3.63, 3.8) is 0 Å². The Morgan fingerprint density at radius 1 is 1.33 bits per heavy atom. The SMILES string of the molecule is O=C(O)c1sc2ccccc2c1CNCC1CSCCS1. The number of thioether (sulfide) groups is 2. The summed E-state index contributed by atoms with van der Waals surface area (Å²) in [6, 6.07) is 7.93. The van der Waals surface area contributed by atoms with E-state index < -0.39 is 5.97 Å². The summed E-state index contributed by atoms with van der Waals surface area (Å²) in [5, 5.41) is 14.6. The van der Waals surface area contributed by atoms with Crippen LogP contribution in [0.5, 0.6) is 0 Å². The fourth-order valence-corrected chi connectivity index (χ4v) is 6.17. The largest absolute Gasteiger partial charge is 0.477 e. The van der Waals surface area contributed by atoms with Crippen molar-refractivity contribution in [3.05, 3.63) is 34.7 Å². The first-order chi connectivity index (χ1) is 10.3. The molecule has 3 rings (SSSR count). The molecule has 1 aliphatic heterocycles. The van der Waals surface area contributed by atoms with Crippen molar-refractivity contribution < 1.29 is 9.90 Å². The molecule has 0 saturated carbocycles. The predicted molar refractivity (Wildman–Crippen MR) is 94.1 cm³/mol. The summed E-state index contributed by atoms with van der Waals surface area (Å²) in [5.41, 5.74) is 0.927. The fourth-order valence-electron chi connectivity index (χ4n) is 2.46. The van der Waals surface area contributed by atoms with Crippen LogP contribution in [-0.4, -0.2) is 40.1 Å². The number of carboxylic acids is 1. The molecular weight excluding hydrogens is 322 g/mol. The number of benzene rings is 1. The number of rotatable bonds is 5. The fraction of sp³-hybridized carbons (Fsp3) is 0.400. The third kappa shape index (κ3) is 3.56. The molecule has 2 aromatic rings. The lowest BCUT2D eigenvalue weighted by molar-refractivity contribution is 0.0701. The maximum Gasteiger partial charge on any atom is 0.346 e. The summed E-state index contributed by atoms with van der Waals surface area (Å²) in [6.45, 7) is 1.58. The van der Waals surface area contributed by atoms with E-state index in [9.17, 15) is 9.90 Å². The molecule has 0 radical (unpaired) electrons. The Morgan fingerprint density at radius 3 is 2.95 bits per heavy atom. The van der Waals surface area contributed by atoms with E-state index >= 15 is 0 Å². The lowest BCUT2D eigenvalue weighted by Gasteiger charge is -2.21. The van der Waals surface area contributed by atoms with Crippen molar-refractivity contribution in [1.29, 1.82) is 0 Å². The maximum absolute atomic E-state index is 11.4. The molecule has 1 aliphatic rings. The van der Waals surface area contributed by atoms with Gasteiger partial charge in [-0.15, -0.1) is 11.3 Å². The maximum atomic E-state index is 11.4. The molecule has 3 nitrogen and oxygen atoms in total. The molecular formula is C15H17NO2S3. The first-order valence-corrected chi connectivity index (χ1v) is 9.91. The molecule has 21 heavy (non-hydrogen) atoms. The molecule has 1 atom stereocenters. The van der Waals surface area contributed by atoms with E-state index in [2.05, 4.69) is 5.32 Å². The number of fused-ring (bicyclic) bond motifs is 1. The van der Waals surface area contributed by atoms with E-state index in [1.54, 1.807) is 0 Å². The summed E-state index contributed by atoms with van der Waals surface area (Å²) in [6.07, 6.45) is 0. The Balaban J connectivity index is 1.72. The van der Waals surface area contributed by atoms with Gasteiger partial charge >= 0.3 is 5.97 Å². The topological polar surface area (TPSA) is 49.3 Å². The Bertz CT molecular complexity index is 635. The Morgan fingerprint density at radius 2 is 2.19 bits per heavy atom. The smallest absolute Gasteiger partial charge is 0.346 e. The number of aromatic carboxylic acids is 1. The van der Waals surface area contributed by atoms with Crippen LogP contribution in [-0.2, 0) is 6.54 Å². The minimum atomic E-state index is -0.824. The van der Waals surface area contributed by atoms with Crippen molar-refractivity contribution in [3.8, 4) is 0 Å². The quantitative estimate of drug-likeness (QED) is 0.872. The second kappa shape index (κ2) is 7.05. The third-order valence-corrected chi connectivity index (χ3v) is 7.50. The highest BCUT2D eigenvalue weighted by molar-refractivity contribution is 8.06. The molecule has 0 bridgehead atoms. The van der Waals surface area contributed by atoms with Crippen LogP contribution in [0.25, 0.3) is 10.1 Å². The average Bonchev–Trinajstić information content (AvgIpc) is 2.88. The van der Waals surface area contributed by atoms with Crippen molar-refractivity contribution >= 4 is 50.9 Å². The zero-order valence-electron chi connectivity index (χ0n) is 11.5. The Kier molecular flexibility index (Phi) is 5.11. The highest BCUT2D eigenvalue weighted by atomic mass is 32.2. The lowest BCUT2D eigenvalue weighted by atomic mass is 10.1. The van der Waals surface area contributed by atoms with Crippen LogP contribution in [0, 0.1) is 0 Å². The summed E-state index contributed by atoms with van der Waals surface area (Å²) in [7, 11) is 0. The number of hydrogen-bond acceptors (Lipinski definition) is 5. The van der Waals surface area contributed by atoms with Gasteiger partial charge in [-0.3, -0.25) is 0 Å². The van der Waals surface area contributed by atoms with Gasteiger partial charge in [0.05, 0.1) is 0 Å². The van der Waals surface area contributed by atoms with Crippen molar-refractivity contribution in [2.24, 2.45) is 0 Å². The Hall–Kier alpha value is -0.690. The first-order valence-electron chi connectivity index (χ1n) is 6.89. The second-order valence-electron chi connectivity index (χ2n) is 4.91. The van der Waals surface area contributed by atoms with E-state index in [1.165, 1.54) is 28.6 Å². The highest BCUT2D eigenvalue weighted by Gasteiger charge is 2.18. The van der Waals surface area contributed by atoms with Crippen LogP contribution in [0.1, 0.15) is 15.2 Å². The van der Waals surface area contributed by atoms with Crippen molar-refractivity contribution in [2.75, 3.05) is 23.8 Å². The summed E-state index contributed by atoms with van der Waals surface area (Å²) in [5.74, 6) is 2.84.